The molecule has 1 aromatic rings. The summed E-state index contributed by atoms with van der Waals surface area (Å²) in [6.07, 6.45) is 1.76. The minimum atomic E-state index is -3.56. The minimum absolute atomic E-state index is 0.147. The van der Waals surface area contributed by atoms with E-state index < -0.39 is 10.0 Å². The van der Waals surface area contributed by atoms with E-state index in [2.05, 4.69) is 0 Å². The predicted octanol–water partition coefficient (Wildman–Crippen LogP) is 0.225. The zero-order valence-electron chi connectivity index (χ0n) is 7.81. The van der Waals surface area contributed by atoms with Crippen molar-refractivity contribution in [3.63, 3.8) is 0 Å². The molecule has 5 heteroatoms. The lowest BCUT2D eigenvalue weighted by atomic mass is 10.1. The van der Waals surface area contributed by atoms with E-state index in [1.54, 1.807) is 12.1 Å². The highest BCUT2D eigenvalue weighted by molar-refractivity contribution is 7.89. The third-order valence-corrected chi connectivity index (χ3v) is 2.85. The number of hydrogen-bond donors (Lipinski definition) is 2. The van der Waals surface area contributed by atoms with Crippen molar-refractivity contribution in [2.75, 3.05) is 6.54 Å². The lowest BCUT2D eigenvalue weighted by Crippen LogP contribution is -2.11. The van der Waals surface area contributed by atoms with Crippen molar-refractivity contribution in [3.05, 3.63) is 29.8 Å². The minimum Gasteiger partial charge on any atom is -0.330 e. The Kier molecular flexibility index (Phi) is 3.62. The molecule has 78 valence electrons. The molecule has 0 saturated heterocycles. The second-order valence-corrected chi connectivity index (χ2v) is 4.64. The summed E-state index contributed by atoms with van der Waals surface area (Å²) in [5.74, 6) is 0. The van der Waals surface area contributed by atoms with E-state index in [1.165, 1.54) is 12.1 Å². The van der Waals surface area contributed by atoms with E-state index in [-0.39, 0.29) is 4.90 Å². The number of hydrogen-bond acceptors (Lipinski definition) is 3. The van der Waals surface area contributed by atoms with Crippen molar-refractivity contribution in [1.82, 2.24) is 0 Å². The second kappa shape index (κ2) is 4.54. The highest BCUT2D eigenvalue weighted by atomic mass is 32.2. The van der Waals surface area contributed by atoms with Gasteiger partial charge in [0.2, 0.25) is 10.0 Å². The monoisotopic (exact) mass is 214 g/mol. The molecule has 0 aliphatic rings. The molecule has 0 amide bonds. The lowest BCUT2D eigenvalue weighted by molar-refractivity contribution is 0.597. The first-order valence-electron chi connectivity index (χ1n) is 4.36. The molecule has 0 atom stereocenters. The maximum Gasteiger partial charge on any atom is 0.238 e. The van der Waals surface area contributed by atoms with E-state index in [1.807, 2.05) is 0 Å². The molecule has 0 heterocycles. The summed E-state index contributed by atoms with van der Waals surface area (Å²) in [5, 5.41) is 4.96. The fraction of sp³-hybridized carbons (Fsp3) is 0.333. The van der Waals surface area contributed by atoms with Gasteiger partial charge < -0.3 is 5.73 Å². The summed E-state index contributed by atoms with van der Waals surface area (Å²) in [5.41, 5.74) is 6.43. The fourth-order valence-corrected chi connectivity index (χ4v) is 1.67. The van der Waals surface area contributed by atoms with Gasteiger partial charge in [-0.3, -0.25) is 0 Å². The molecule has 0 radical (unpaired) electrons. The average Bonchev–Trinajstić information content (AvgIpc) is 2.14. The molecule has 0 aliphatic carbocycles. The Morgan fingerprint density at radius 3 is 2.14 bits per heavy atom. The normalized spacial score (nSPS) is 11.6. The Hall–Kier alpha value is -0.910. The molecular formula is C9H14N2O2S. The van der Waals surface area contributed by atoms with Gasteiger partial charge in [0.15, 0.2) is 0 Å². The van der Waals surface area contributed by atoms with Gasteiger partial charge in [0.05, 0.1) is 4.90 Å². The predicted molar refractivity (Wildman–Crippen MR) is 55.2 cm³/mol. The van der Waals surface area contributed by atoms with Crippen molar-refractivity contribution >= 4 is 10.0 Å². The van der Waals surface area contributed by atoms with Gasteiger partial charge >= 0.3 is 0 Å². The number of nitrogens with two attached hydrogens (primary N) is 2. The van der Waals surface area contributed by atoms with Crippen LogP contribution in [0.4, 0.5) is 0 Å². The van der Waals surface area contributed by atoms with Gasteiger partial charge in [0.1, 0.15) is 0 Å². The van der Waals surface area contributed by atoms with Crippen molar-refractivity contribution in [2.45, 2.75) is 17.7 Å². The summed E-state index contributed by atoms with van der Waals surface area (Å²) >= 11 is 0. The molecule has 0 aromatic heterocycles. The second-order valence-electron chi connectivity index (χ2n) is 3.08. The van der Waals surface area contributed by atoms with Crippen molar-refractivity contribution < 1.29 is 8.42 Å². The standard InChI is InChI=1S/C9H14N2O2S/c10-7-1-2-8-3-5-9(6-4-8)14(11,12)13/h3-6H,1-2,7,10H2,(H2,11,12,13). The average molecular weight is 214 g/mol. The summed E-state index contributed by atoms with van der Waals surface area (Å²) in [7, 11) is -3.56. The SMILES string of the molecule is NCCCc1ccc(S(N)(=O)=O)cc1. The van der Waals surface area contributed by atoms with Gasteiger partial charge in [-0.2, -0.15) is 0 Å². The quantitative estimate of drug-likeness (QED) is 0.752. The van der Waals surface area contributed by atoms with Gasteiger partial charge in [-0.15, -0.1) is 0 Å². The molecule has 0 spiro atoms. The summed E-state index contributed by atoms with van der Waals surface area (Å²) in [6.45, 7) is 0.636. The highest BCUT2D eigenvalue weighted by Crippen LogP contribution is 2.09. The summed E-state index contributed by atoms with van der Waals surface area (Å²) in [6, 6.07) is 6.55. The maximum absolute atomic E-state index is 10.9. The van der Waals surface area contributed by atoms with E-state index in [0.29, 0.717) is 6.54 Å². The van der Waals surface area contributed by atoms with Crippen molar-refractivity contribution in [3.8, 4) is 0 Å². The highest BCUT2D eigenvalue weighted by Gasteiger charge is 2.05. The maximum atomic E-state index is 10.9. The van der Waals surface area contributed by atoms with E-state index >= 15 is 0 Å². The zero-order chi connectivity index (χ0) is 10.6. The van der Waals surface area contributed by atoms with Crippen LogP contribution >= 0.6 is 0 Å². The van der Waals surface area contributed by atoms with Gasteiger partial charge in [0.25, 0.3) is 0 Å². The fourth-order valence-electron chi connectivity index (χ4n) is 1.15. The van der Waals surface area contributed by atoms with Gasteiger partial charge in [-0.05, 0) is 37.1 Å². The topological polar surface area (TPSA) is 86.2 Å². The Morgan fingerprint density at radius 1 is 1.14 bits per heavy atom. The number of sulfonamides is 1. The van der Waals surface area contributed by atoms with Crippen molar-refractivity contribution in [1.29, 1.82) is 0 Å². The molecule has 0 saturated carbocycles. The van der Waals surface area contributed by atoms with Crippen LogP contribution in [0.2, 0.25) is 0 Å². The van der Waals surface area contributed by atoms with Crippen LogP contribution in [0.5, 0.6) is 0 Å². The Bertz CT molecular complexity index is 384. The van der Waals surface area contributed by atoms with Crippen LogP contribution in [-0.2, 0) is 16.4 Å². The Labute approximate surface area is 84.0 Å². The Balaban J connectivity index is 2.79. The molecule has 4 N–H and O–H groups in total. The molecule has 1 aromatic carbocycles. The molecule has 0 fully saturated rings. The van der Waals surface area contributed by atoms with Crippen LogP contribution < -0.4 is 10.9 Å². The molecular weight excluding hydrogens is 200 g/mol. The van der Waals surface area contributed by atoms with Crippen LogP contribution in [0.25, 0.3) is 0 Å². The number of primary sulfonamides is 1. The molecule has 0 unspecified atom stereocenters. The lowest BCUT2D eigenvalue weighted by Gasteiger charge is -2.01. The van der Waals surface area contributed by atoms with E-state index in [9.17, 15) is 8.42 Å². The smallest absolute Gasteiger partial charge is 0.238 e. The van der Waals surface area contributed by atoms with Crippen LogP contribution in [0.1, 0.15) is 12.0 Å². The molecule has 1 rings (SSSR count). The summed E-state index contributed by atoms with van der Waals surface area (Å²) in [4.78, 5) is 0.147. The van der Waals surface area contributed by atoms with E-state index in [4.69, 9.17) is 10.9 Å². The Morgan fingerprint density at radius 2 is 1.71 bits per heavy atom. The van der Waals surface area contributed by atoms with Crippen LogP contribution in [0.3, 0.4) is 0 Å². The first-order chi connectivity index (χ1) is 6.54. The zero-order valence-corrected chi connectivity index (χ0v) is 8.63. The van der Waals surface area contributed by atoms with Gasteiger partial charge in [-0.1, -0.05) is 12.1 Å². The van der Waals surface area contributed by atoms with E-state index in [0.717, 1.165) is 18.4 Å². The van der Waals surface area contributed by atoms with Gasteiger partial charge in [0, 0.05) is 0 Å². The van der Waals surface area contributed by atoms with Crippen LogP contribution in [-0.4, -0.2) is 15.0 Å². The molecule has 14 heavy (non-hydrogen) atoms. The van der Waals surface area contributed by atoms with Crippen LogP contribution in [0, 0.1) is 0 Å². The summed E-state index contributed by atoms with van der Waals surface area (Å²) < 4.78 is 21.8. The number of aryl methyl sites for hydroxylation is 1. The van der Waals surface area contributed by atoms with Crippen molar-refractivity contribution in [2.24, 2.45) is 10.9 Å². The molecule has 0 aliphatic heterocycles. The third-order valence-electron chi connectivity index (χ3n) is 1.92. The first-order valence-corrected chi connectivity index (χ1v) is 5.90. The third kappa shape index (κ3) is 3.10. The molecule has 4 nitrogen and oxygen atoms in total. The number of rotatable bonds is 4. The largest absolute Gasteiger partial charge is 0.330 e. The number of benzene rings is 1. The van der Waals surface area contributed by atoms with Gasteiger partial charge in [-0.25, -0.2) is 13.6 Å². The first kappa shape index (κ1) is 11.2. The van der Waals surface area contributed by atoms with Crippen LogP contribution in [0.15, 0.2) is 29.2 Å². The molecule has 0 bridgehead atoms.